The summed E-state index contributed by atoms with van der Waals surface area (Å²) in [6.45, 7) is 22.1. The first-order valence-corrected chi connectivity index (χ1v) is 21.6. The zero-order valence-electron chi connectivity index (χ0n) is 37.6. The van der Waals surface area contributed by atoms with Gasteiger partial charge in [0.15, 0.2) is 5.60 Å². The second kappa shape index (κ2) is 21.5. The molecule has 2 aliphatic carbocycles. The summed E-state index contributed by atoms with van der Waals surface area (Å²) in [5.41, 5.74) is 2.27. The summed E-state index contributed by atoms with van der Waals surface area (Å²) in [5, 5.41) is 21.7. The molecule has 0 aromatic heterocycles. The summed E-state index contributed by atoms with van der Waals surface area (Å²) in [5.74, 6) is 6.22. The summed E-state index contributed by atoms with van der Waals surface area (Å²) in [7, 11) is 0. The molecule has 0 amide bonds. The molecule has 58 heavy (non-hydrogen) atoms. The summed E-state index contributed by atoms with van der Waals surface area (Å²) in [4.78, 5) is 24.1. The van der Waals surface area contributed by atoms with Crippen molar-refractivity contribution in [1.29, 1.82) is 0 Å². The molecule has 0 unspecified atom stereocenters. The molecule has 5 atom stereocenters. The Morgan fingerprint density at radius 3 is 2.03 bits per heavy atom. The maximum atomic E-state index is 12.6. The van der Waals surface area contributed by atoms with Gasteiger partial charge in [-0.05, 0) is 77.4 Å². The van der Waals surface area contributed by atoms with E-state index < -0.39 is 22.9 Å². The normalized spacial score (nSPS) is 29.4. The summed E-state index contributed by atoms with van der Waals surface area (Å²) in [6.07, 6.45) is 31.7. The van der Waals surface area contributed by atoms with Gasteiger partial charge < -0.3 is 24.4 Å². The van der Waals surface area contributed by atoms with E-state index in [0.717, 1.165) is 42.4 Å². The van der Waals surface area contributed by atoms with E-state index in [1.54, 1.807) is 0 Å². The minimum Gasteiger partial charge on any atom is -0.462 e. The van der Waals surface area contributed by atoms with Gasteiger partial charge in [-0.1, -0.05) is 156 Å². The van der Waals surface area contributed by atoms with Gasteiger partial charge in [-0.2, -0.15) is 0 Å². The van der Waals surface area contributed by atoms with Crippen LogP contribution in [0.5, 0.6) is 0 Å². The number of hydrogen-bond acceptors (Lipinski definition) is 7. The second-order valence-corrected chi connectivity index (χ2v) is 18.6. The molecule has 3 aliphatic rings. The van der Waals surface area contributed by atoms with E-state index in [4.69, 9.17) is 14.2 Å². The highest BCUT2D eigenvalue weighted by Gasteiger charge is 2.75. The molecular formula is C51H74O7. The molecule has 0 aromatic rings. The highest BCUT2D eigenvalue weighted by molar-refractivity contribution is 5.69. The molecule has 7 nitrogen and oxygen atoms in total. The van der Waals surface area contributed by atoms with Gasteiger partial charge in [0.05, 0.1) is 11.7 Å². The van der Waals surface area contributed by atoms with Crippen LogP contribution in [0.25, 0.3) is 0 Å². The van der Waals surface area contributed by atoms with Gasteiger partial charge in [-0.25, -0.2) is 0 Å². The molecule has 1 heterocycles. The van der Waals surface area contributed by atoms with Crippen molar-refractivity contribution in [3.05, 3.63) is 94.7 Å². The van der Waals surface area contributed by atoms with Gasteiger partial charge >= 0.3 is 11.9 Å². The summed E-state index contributed by atoms with van der Waals surface area (Å²) >= 11 is 0. The molecule has 0 aromatic carbocycles. The zero-order valence-corrected chi connectivity index (χ0v) is 37.6. The number of ether oxygens (including phenoxy) is 3. The first-order chi connectivity index (χ1) is 27.1. The van der Waals surface area contributed by atoms with Crippen molar-refractivity contribution < 1.29 is 34.0 Å². The lowest BCUT2D eigenvalue weighted by atomic mass is 9.63. The van der Waals surface area contributed by atoms with E-state index in [1.807, 2.05) is 63.3 Å². The first-order valence-electron chi connectivity index (χ1n) is 21.6. The number of aliphatic hydroxyl groups is 2. The van der Waals surface area contributed by atoms with E-state index in [0.29, 0.717) is 37.7 Å². The molecule has 0 radical (unpaired) electrons. The van der Waals surface area contributed by atoms with Crippen molar-refractivity contribution in [2.45, 2.75) is 182 Å². The van der Waals surface area contributed by atoms with Crippen LogP contribution < -0.4 is 0 Å². The SMILES string of the molecule is CCCCCCCCC(=O)OC\C(C#C[C@@]12O[C@]1(C)C[C@@H](O)CC2(C)C)=C/C=C/C(C)=C/C=C/C=C(C)/C=C/C=C(\C)CC=C1C(C)(C)C[C@H](OC(C)=O)C[C@@]1(C)O. The number of unbranched alkanes of at least 4 members (excludes halogenated alkanes) is 5. The Labute approximate surface area is 351 Å². The molecule has 320 valence electrons. The largest absolute Gasteiger partial charge is 0.462 e. The topological polar surface area (TPSA) is 106 Å². The van der Waals surface area contributed by atoms with Crippen LogP contribution in [0.15, 0.2) is 94.7 Å². The van der Waals surface area contributed by atoms with Gasteiger partial charge in [-0.3, -0.25) is 9.59 Å². The monoisotopic (exact) mass is 799 g/mol. The predicted octanol–water partition coefficient (Wildman–Crippen LogP) is 11.2. The standard InChI is InChI=1S/C51H74O7/c1-12-13-14-15-16-17-28-46(54)56-37-42(31-32-51-48(8,9)33-43(53)34-50(51,11)58-51)27-21-26-39(3)23-19-18-22-38(2)24-20-25-40(4)29-30-45-47(6,7)35-44(57-41(5)52)36-49(45,10)55/h18-27,30,43-44,53,55H,12-17,28-29,33-37H2,1-11H3/b19-18+,24-20+,26-21+,38-22+,39-23+,40-25+,42-27-,45-30?/t43-,44-,49+,50+,51-/m0/s1. The van der Waals surface area contributed by atoms with Crippen LogP contribution in [-0.4, -0.2) is 57.8 Å². The third-order valence-corrected chi connectivity index (χ3v) is 11.8. The molecule has 7 heteroatoms. The number of carbonyl (C=O) groups excluding carboxylic acids is 2. The summed E-state index contributed by atoms with van der Waals surface area (Å²) < 4.78 is 17.4. The number of hydrogen-bond donors (Lipinski definition) is 2. The van der Waals surface area contributed by atoms with Crippen LogP contribution in [0.2, 0.25) is 0 Å². The summed E-state index contributed by atoms with van der Waals surface area (Å²) in [6, 6.07) is 0. The van der Waals surface area contributed by atoms with Crippen LogP contribution in [0.1, 0.15) is 153 Å². The van der Waals surface area contributed by atoms with Crippen molar-refractivity contribution in [3.8, 4) is 11.8 Å². The zero-order chi connectivity index (χ0) is 43.2. The highest BCUT2D eigenvalue weighted by atomic mass is 16.6. The van der Waals surface area contributed by atoms with Crippen molar-refractivity contribution in [3.63, 3.8) is 0 Å². The number of allylic oxidation sites excluding steroid dienone is 14. The fourth-order valence-corrected chi connectivity index (χ4v) is 8.89. The minimum absolute atomic E-state index is 0.105. The molecule has 1 aliphatic heterocycles. The quantitative estimate of drug-likeness (QED) is 0.0355. The Bertz CT molecular complexity index is 1730. The maximum Gasteiger partial charge on any atom is 0.306 e. The lowest BCUT2D eigenvalue weighted by molar-refractivity contribution is -0.152. The lowest BCUT2D eigenvalue weighted by Crippen LogP contribution is -2.46. The van der Waals surface area contributed by atoms with Crippen LogP contribution >= 0.6 is 0 Å². The van der Waals surface area contributed by atoms with Gasteiger partial charge in [0.25, 0.3) is 0 Å². The van der Waals surface area contributed by atoms with Gasteiger partial charge in [0.2, 0.25) is 0 Å². The van der Waals surface area contributed by atoms with Crippen LogP contribution in [0.4, 0.5) is 0 Å². The number of carbonyl (C=O) groups is 2. The number of epoxide rings is 1. The van der Waals surface area contributed by atoms with Gasteiger partial charge in [-0.15, -0.1) is 0 Å². The smallest absolute Gasteiger partial charge is 0.306 e. The molecule has 0 bridgehead atoms. The maximum absolute atomic E-state index is 12.6. The van der Waals surface area contributed by atoms with Crippen LogP contribution in [-0.2, 0) is 23.8 Å². The van der Waals surface area contributed by atoms with E-state index in [1.165, 1.54) is 31.8 Å². The van der Waals surface area contributed by atoms with Crippen molar-refractivity contribution in [2.75, 3.05) is 6.61 Å². The van der Waals surface area contributed by atoms with Gasteiger partial charge in [0, 0.05) is 37.2 Å². The number of fused-ring (bicyclic) bond motifs is 1. The fraction of sp³-hybridized carbons (Fsp3) is 0.608. The van der Waals surface area contributed by atoms with Crippen LogP contribution in [0.3, 0.4) is 0 Å². The Morgan fingerprint density at radius 2 is 1.43 bits per heavy atom. The first kappa shape index (κ1) is 48.7. The molecular weight excluding hydrogens is 725 g/mol. The third kappa shape index (κ3) is 14.5. The number of esters is 2. The fourth-order valence-electron chi connectivity index (χ4n) is 8.89. The van der Waals surface area contributed by atoms with Crippen molar-refractivity contribution in [1.82, 2.24) is 0 Å². The van der Waals surface area contributed by atoms with E-state index in [2.05, 4.69) is 84.6 Å². The second-order valence-electron chi connectivity index (χ2n) is 18.6. The molecule has 2 N–H and O–H groups in total. The van der Waals surface area contributed by atoms with E-state index >= 15 is 0 Å². The average Bonchev–Trinajstić information content (AvgIpc) is 3.73. The highest BCUT2D eigenvalue weighted by Crippen LogP contribution is 2.65. The minimum atomic E-state index is -1.03. The molecule has 3 rings (SSSR count). The number of aliphatic hydroxyl groups excluding tert-OH is 1. The molecule has 3 fully saturated rings. The molecule has 1 saturated heterocycles. The Morgan fingerprint density at radius 1 is 0.810 bits per heavy atom. The van der Waals surface area contributed by atoms with Crippen molar-refractivity contribution in [2.24, 2.45) is 10.8 Å². The predicted molar refractivity (Wildman–Crippen MR) is 237 cm³/mol. The molecule has 2 saturated carbocycles. The van der Waals surface area contributed by atoms with Gasteiger partial charge in [0.1, 0.15) is 18.3 Å². The van der Waals surface area contributed by atoms with E-state index in [9.17, 15) is 19.8 Å². The Hall–Kier alpha value is -3.70. The average molecular weight is 799 g/mol. The third-order valence-electron chi connectivity index (χ3n) is 11.8. The van der Waals surface area contributed by atoms with E-state index in [-0.39, 0.29) is 35.5 Å². The number of rotatable bonds is 18. The Kier molecular flexibility index (Phi) is 18.1. The van der Waals surface area contributed by atoms with Crippen LogP contribution in [0, 0.1) is 22.7 Å². The lowest BCUT2D eigenvalue weighted by Gasteiger charge is -2.46. The molecule has 0 spiro atoms. The Balaban J connectivity index is 1.61. The van der Waals surface area contributed by atoms with Crippen molar-refractivity contribution >= 4 is 11.9 Å².